The summed E-state index contributed by atoms with van der Waals surface area (Å²) in [6, 6.07) is 8.39. The van der Waals surface area contributed by atoms with Crippen LogP contribution in [0.5, 0.6) is 0 Å². The molecule has 0 aliphatic rings. The van der Waals surface area contributed by atoms with Crippen LogP contribution < -0.4 is 0 Å². The Hall–Kier alpha value is -1.31. The van der Waals surface area contributed by atoms with Crippen LogP contribution in [0.15, 0.2) is 24.3 Å². The van der Waals surface area contributed by atoms with Crippen LogP contribution in [0.3, 0.4) is 0 Å². The van der Waals surface area contributed by atoms with Gasteiger partial charge in [0.25, 0.3) is 0 Å². The Bertz CT molecular complexity index is 320. The zero-order valence-electron chi connectivity index (χ0n) is 9.08. The Balaban J connectivity index is 2.49. The molecular weight excluding hydrogens is 174 g/mol. The maximum absolute atomic E-state index is 11.0. The number of amides is 1. The minimum atomic E-state index is 0.123. The van der Waals surface area contributed by atoms with Crippen molar-refractivity contribution in [2.24, 2.45) is 0 Å². The lowest BCUT2D eigenvalue weighted by molar-refractivity contribution is -0.127. The molecule has 0 aromatic heterocycles. The van der Waals surface area contributed by atoms with E-state index in [0.29, 0.717) is 0 Å². The van der Waals surface area contributed by atoms with Crippen LogP contribution in [0.2, 0.25) is 0 Å². The van der Waals surface area contributed by atoms with Crippen molar-refractivity contribution in [3.63, 3.8) is 0 Å². The van der Waals surface area contributed by atoms with Gasteiger partial charge >= 0.3 is 0 Å². The van der Waals surface area contributed by atoms with Crippen LogP contribution in [0, 0.1) is 6.92 Å². The van der Waals surface area contributed by atoms with Crippen LogP contribution in [0.4, 0.5) is 0 Å². The molecule has 0 saturated heterocycles. The molecule has 0 unspecified atom stereocenters. The van der Waals surface area contributed by atoms with Crippen molar-refractivity contribution in [3.05, 3.63) is 35.4 Å². The van der Waals surface area contributed by atoms with Crippen molar-refractivity contribution in [1.82, 2.24) is 4.90 Å². The minimum Gasteiger partial charge on any atom is -0.346 e. The van der Waals surface area contributed by atoms with Gasteiger partial charge in [0, 0.05) is 20.5 Å². The fourth-order valence-corrected chi connectivity index (χ4v) is 1.32. The average molecular weight is 191 g/mol. The molecule has 0 N–H and O–H groups in total. The summed E-state index contributed by atoms with van der Waals surface area (Å²) in [6.07, 6.45) is 0.928. The van der Waals surface area contributed by atoms with Gasteiger partial charge in [0.1, 0.15) is 0 Å². The van der Waals surface area contributed by atoms with Gasteiger partial charge in [-0.05, 0) is 18.9 Å². The minimum absolute atomic E-state index is 0.123. The van der Waals surface area contributed by atoms with Crippen LogP contribution in [-0.4, -0.2) is 24.4 Å². The fraction of sp³-hybridized carbons (Fsp3) is 0.417. The third-order valence-corrected chi connectivity index (χ3v) is 2.36. The summed E-state index contributed by atoms with van der Waals surface area (Å²) >= 11 is 0. The van der Waals surface area contributed by atoms with Gasteiger partial charge in [-0.1, -0.05) is 29.8 Å². The highest BCUT2D eigenvalue weighted by Crippen LogP contribution is 2.05. The average Bonchev–Trinajstić information content (AvgIpc) is 2.14. The van der Waals surface area contributed by atoms with Crippen molar-refractivity contribution in [2.45, 2.75) is 20.3 Å². The Morgan fingerprint density at radius 3 is 2.71 bits per heavy atom. The van der Waals surface area contributed by atoms with E-state index in [4.69, 9.17) is 0 Å². The first-order valence-corrected chi connectivity index (χ1v) is 4.87. The number of nitrogens with zero attached hydrogens (tertiary/aromatic N) is 1. The molecule has 0 spiro atoms. The number of benzene rings is 1. The normalized spacial score (nSPS) is 9.93. The summed E-state index contributed by atoms with van der Waals surface area (Å²) in [5.74, 6) is 0.123. The molecule has 0 heterocycles. The first kappa shape index (κ1) is 10.8. The van der Waals surface area contributed by atoms with Gasteiger partial charge in [-0.15, -0.1) is 0 Å². The number of hydrogen-bond acceptors (Lipinski definition) is 1. The molecule has 0 fully saturated rings. The Morgan fingerprint density at radius 1 is 1.43 bits per heavy atom. The van der Waals surface area contributed by atoms with E-state index in [1.54, 1.807) is 11.8 Å². The van der Waals surface area contributed by atoms with Crippen molar-refractivity contribution in [2.75, 3.05) is 13.6 Å². The number of aryl methyl sites for hydroxylation is 1. The third kappa shape index (κ3) is 3.21. The van der Waals surface area contributed by atoms with Crippen molar-refractivity contribution in [1.29, 1.82) is 0 Å². The Kier molecular flexibility index (Phi) is 3.69. The molecule has 0 radical (unpaired) electrons. The number of carbonyl (C=O) groups excluding carboxylic acids is 1. The molecule has 0 aliphatic carbocycles. The largest absolute Gasteiger partial charge is 0.346 e. The maximum atomic E-state index is 11.0. The molecule has 1 amide bonds. The predicted octanol–water partition coefficient (Wildman–Crippen LogP) is 2.02. The smallest absolute Gasteiger partial charge is 0.219 e. The van der Waals surface area contributed by atoms with E-state index in [1.807, 2.05) is 7.05 Å². The highest BCUT2D eigenvalue weighted by Gasteiger charge is 2.01. The summed E-state index contributed by atoms with van der Waals surface area (Å²) in [5, 5.41) is 0. The molecule has 0 atom stereocenters. The SMILES string of the molecule is CC(=O)N(C)CCc1cccc(C)c1. The Morgan fingerprint density at radius 2 is 2.14 bits per heavy atom. The summed E-state index contributed by atoms with van der Waals surface area (Å²) in [6.45, 7) is 4.47. The molecule has 1 rings (SSSR count). The number of carbonyl (C=O) groups is 1. The molecular formula is C12H17NO. The molecule has 76 valence electrons. The molecule has 0 aliphatic heterocycles. The first-order chi connectivity index (χ1) is 6.59. The van der Waals surface area contributed by atoms with Gasteiger partial charge in [0.05, 0.1) is 0 Å². The van der Waals surface area contributed by atoms with E-state index in [0.717, 1.165) is 13.0 Å². The number of hydrogen-bond donors (Lipinski definition) is 0. The predicted molar refractivity (Wildman–Crippen MR) is 58.2 cm³/mol. The monoisotopic (exact) mass is 191 g/mol. The highest BCUT2D eigenvalue weighted by molar-refractivity contribution is 5.72. The quantitative estimate of drug-likeness (QED) is 0.715. The van der Waals surface area contributed by atoms with Gasteiger partial charge in [-0.3, -0.25) is 4.79 Å². The lowest BCUT2D eigenvalue weighted by Gasteiger charge is -2.14. The van der Waals surface area contributed by atoms with E-state index >= 15 is 0 Å². The molecule has 14 heavy (non-hydrogen) atoms. The van der Waals surface area contributed by atoms with Gasteiger partial charge in [0.15, 0.2) is 0 Å². The summed E-state index contributed by atoms with van der Waals surface area (Å²) in [7, 11) is 1.83. The summed E-state index contributed by atoms with van der Waals surface area (Å²) in [4.78, 5) is 12.7. The van der Waals surface area contributed by atoms with Gasteiger partial charge in [0.2, 0.25) is 5.91 Å². The van der Waals surface area contributed by atoms with Crippen molar-refractivity contribution < 1.29 is 4.79 Å². The van der Waals surface area contributed by atoms with Crippen molar-refractivity contribution in [3.8, 4) is 0 Å². The van der Waals surface area contributed by atoms with Gasteiger partial charge < -0.3 is 4.90 Å². The standard InChI is InChI=1S/C12H17NO/c1-10-5-4-6-12(9-10)7-8-13(3)11(2)14/h4-6,9H,7-8H2,1-3H3. The van der Waals surface area contributed by atoms with E-state index < -0.39 is 0 Å². The van der Waals surface area contributed by atoms with E-state index in [2.05, 4.69) is 31.2 Å². The lowest BCUT2D eigenvalue weighted by atomic mass is 10.1. The molecule has 1 aromatic rings. The number of likely N-dealkylation sites (N-methyl/N-ethyl adjacent to an activating group) is 1. The Labute approximate surface area is 85.5 Å². The second kappa shape index (κ2) is 4.80. The maximum Gasteiger partial charge on any atom is 0.219 e. The van der Waals surface area contributed by atoms with E-state index in [9.17, 15) is 4.79 Å². The lowest BCUT2D eigenvalue weighted by Crippen LogP contribution is -2.26. The van der Waals surface area contributed by atoms with Crippen LogP contribution in [0.25, 0.3) is 0 Å². The highest BCUT2D eigenvalue weighted by atomic mass is 16.2. The van der Waals surface area contributed by atoms with Crippen LogP contribution in [0.1, 0.15) is 18.1 Å². The molecule has 0 saturated carbocycles. The molecule has 0 bridgehead atoms. The molecule has 2 heteroatoms. The zero-order chi connectivity index (χ0) is 10.6. The zero-order valence-corrected chi connectivity index (χ0v) is 9.08. The van der Waals surface area contributed by atoms with Crippen molar-refractivity contribution >= 4 is 5.91 Å². The summed E-state index contributed by atoms with van der Waals surface area (Å²) in [5.41, 5.74) is 2.56. The topological polar surface area (TPSA) is 20.3 Å². The first-order valence-electron chi connectivity index (χ1n) is 4.87. The van der Waals surface area contributed by atoms with Crippen LogP contribution in [-0.2, 0) is 11.2 Å². The second-order valence-electron chi connectivity index (χ2n) is 3.68. The summed E-state index contributed by atoms with van der Waals surface area (Å²) < 4.78 is 0. The number of rotatable bonds is 3. The van der Waals surface area contributed by atoms with Crippen LogP contribution >= 0.6 is 0 Å². The van der Waals surface area contributed by atoms with Gasteiger partial charge in [-0.2, -0.15) is 0 Å². The second-order valence-corrected chi connectivity index (χ2v) is 3.68. The van der Waals surface area contributed by atoms with Gasteiger partial charge in [-0.25, -0.2) is 0 Å². The van der Waals surface area contributed by atoms with E-state index in [-0.39, 0.29) is 5.91 Å². The van der Waals surface area contributed by atoms with E-state index in [1.165, 1.54) is 11.1 Å². The molecule has 1 aromatic carbocycles. The molecule has 2 nitrogen and oxygen atoms in total. The fourth-order valence-electron chi connectivity index (χ4n) is 1.32. The third-order valence-electron chi connectivity index (χ3n) is 2.36.